The van der Waals surface area contributed by atoms with Gasteiger partial charge in [-0.25, -0.2) is 8.42 Å². The van der Waals surface area contributed by atoms with Gasteiger partial charge in [-0.05, 0) is 72.6 Å². The van der Waals surface area contributed by atoms with E-state index in [1.807, 2.05) is 35.2 Å². The second kappa shape index (κ2) is 10.8. The number of halogens is 1. The summed E-state index contributed by atoms with van der Waals surface area (Å²) in [5.74, 6) is 0.109. The Balaban J connectivity index is 1.48. The molecule has 4 rings (SSSR count). The fourth-order valence-corrected chi connectivity index (χ4v) is 6.31. The van der Waals surface area contributed by atoms with Gasteiger partial charge in [-0.2, -0.15) is 0 Å². The van der Waals surface area contributed by atoms with Gasteiger partial charge in [0.05, 0.1) is 21.4 Å². The number of benzene rings is 3. The van der Waals surface area contributed by atoms with Gasteiger partial charge in [-0.1, -0.05) is 60.1 Å². The molecule has 1 unspecified atom stereocenters. The highest BCUT2D eigenvalue weighted by atomic mass is 35.5. The number of carbonyl (C=O) groups excluding carboxylic acids is 1. The molecule has 0 spiro atoms. The Morgan fingerprint density at radius 2 is 1.80 bits per heavy atom. The maximum Gasteiger partial charge on any atom is 0.223 e. The van der Waals surface area contributed by atoms with Crippen molar-refractivity contribution in [2.45, 2.75) is 37.0 Å². The number of carbonyl (C=O) groups is 1. The van der Waals surface area contributed by atoms with Crippen LogP contribution in [0.15, 0.2) is 77.7 Å². The quantitative estimate of drug-likeness (QED) is 0.418. The lowest BCUT2D eigenvalue weighted by Gasteiger charge is -2.26. The van der Waals surface area contributed by atoms with Crippen molar-refractivity contribution < 1.29 is 13.2 Å². The van der Waals surface area contributed by atoms with Crippen LogP contribution in [0.25, 0.3) is 0 Å². The van der Waals surface area contributed by atoms with Crippen LogP contribution in [0.3, 0.4) is 0 Å². The number of rotatable bonds is 8. The average molecular weight is 511 g/mol. The first-order valence-electron chi connectivity index (χ1n) is 11.9. The molecular formula is C28H31ClN2O3S. The molecule has 0 aliphatic carbocycles. The summed E-state index contributed by atoms with van der Waals surface area (Å²) in [4.78, 5) is 15.0. The largest absolute Gasteiger partial charge is 0.398 e. The van der Waals surface area contributed by atoms with Crippen molar-refractivity contribution in [2.24, 2.45) is 5.92 Å². The molecule has 184 valence electrons. The molecule has 35 heavy (non-hydrogen) atoms. The summed E-state index contributed by atoms with van der Waals surface area (Å²) < 4.78 is 25.2. The molecule has 1 heterocycles. The Bertz CT molecular complexity index is 1290. The summed E-state index contributed by atoms with van der Waals surface area (Å²) in [7, 11) is -3.49. The number of anilines is 1. The number of amides is 1. The molecule has 0 saturated carbocycles. The van der Waals surface area contributed by atoms with E-state index in [4.69, 9.17) is 17.3 Å². The van der Waals surface area contributed by atoms with E-state index in [2.05, 4.69) is 19.1 Å². The highest BCUT2D eigenvalue weighted by Gasteiger charge is 2.33. The van der Waals surface area contributed by atoms with E-state index in [-0.39, 0.29) is 34.8 Å². The molecule has 0 radical (unpaired) electrons. The Morgan fingerprint density at radius 3 is 2.51 bits per heavy atom. The van der Waals surface area contributed by atoms with E-state index in [9.17, 15) is 13.2 Å². The first-order chi connectivity index (χ1) is 16.7. The van der Waals surface area contributed by atoms with E-state index in [0.717, 1.165) is 18.4 Å². The van der Waals surface area contributed by atoms with E-state index in [0.29, 0.717) is 23.8 Å². The van der Waals surface area contributed by atoms with Crippen molar-refractivity contribution in [3.05, 3.63) is 94.5 Å². The topological polar surface area (TPSA) is 80.5 Å². The first kappa shape index (κ1) is 25.3. The molecule has 3 aromatic rings. The van der Waals surface area contributed by atoms with E-state index in [1.54, 1.807) is 30.3 Å². The van der Waals surface area contributed by atoms with Crippen molar-refractivity contribution in [1.29, 1.82) is 0 Å². The first-order valence-corrected chi connectivity index (χ1v) is 13.9. The maximum absolute atomic E-state index is 13.0. The summed E-state index contributed by atoms with van der Waals surface area (Å²) in [5, 5.41) is 0.536. The molecule has 2 atom stereocenters. The van der Waals surface area contributed by atoms with Crippen LogP contribution in [0, 0.1) is 12.8 Å². The molecule has 2 N–H and O–H groups in total. The van der Waals surface area contributed by atoms with Crippen LogP contribution in [0.5, 0.6) is 0 Å². The Kier molecular flexibility index (Phi) is 7.82. The lowest BCUT2D eigenvalue weighted by Crippen LogP contribution is -2.31. The van der Waals surface area contributed by atoms with Crippen molar-refractivity contribution >= 4 is 33.0 Å². The smallest absolute Gasteiger partial charge is 0.223 e. The third-order valence-electron chi connectivity index (χ3n) is 6.99. The van der Waals surface area contributed by atoms with E-state index >= 15 is 0 Å². The van der Waals surface area contributed by atoms with Crippen molar-refractivity contribution in [1.82, 2.24) is 4.90 Å². The highest BCUT2D eigenvalue weighted by molar-refractivity contribution is 7.91. The summed E-state index contributed by atoms with van der Waals surface area (Å²) in [6.07, 6.45) is 1.68. The highest BCUT2D eigenvalue weighted by Crippen LogP contribution is 2.37. The van der Waals surface area contributed by atoms with Gasteiger partial charge in [-0.15, -0.1) is 0 Å². The second-order valence-electron chi connectivity index (χ2n) is 9.29. The molecule has 7 heteroatoms. The molecule has 0 bridgehead atoms. The molecule has 1 aliphatic rings. The van der Waals surface area contributed by atoms with E-state index in [1.165, 1.54) is 11.1 Å². The van der Waals surface area contributed by atoms with Crippen LogP contribution in [-0.2, 0) is 21.1 Å². The van der Waals surface area contributed by atoms with Gasteiger partial charge in [0.25, 0.3) is 0 Å². The summed E-state index contributed by atoms with van der Waals surface area (Å²) in [6, 6.07) is 22.5. The minimum Gasteiger partial charge on any atom is -0.398 e. The molecule has 0 aromatic heterocycles. The van der Waals surface area contributed by atoms with Gasteiger partial charge in [0.15, 0.2) is 9.84 Å². The van der Waals surface area contributed by atoms with Crippen LogP contribution >= 0.6 is 11.6 Å². The Morgan fingerprint density at radius 1 is 1.09 bits per heavy atom. The molecule has 1 saturated heterocycles. The molecule has 1 fully saturated rings. The monoisotopic (exact) mass is 510 g/mol. The van der Waals surface area contributed by atoms with Crippen LogP contribution in [0.4, 0.5) is 5.69 Å². The SMILES string of the molecule is Cc1ccccc1CC(c1ccc(N)c(Cl)c1)[C@H]1CCN(C(=O)CCS(=O)(=O)c2ccccc2)C1. The van der Waals surface area contributed by atoms with Gasteiger partial charge in [0, 0.05) is 19.5 Å². The Hall–Kier alpha value is -2.83. The zero-order chi connectivity index (χ0) is 25.0. The third kappa shape index (κ3) is 6.06. The molecular weight excluding hydrogens is 480 g/mol. The molecule has 3 aromatic carbocycles. The lowest BCUT2D eigenvalue weighted by molar-refractivity contribution is -0.129. The number of nitrogen functional groups attached to an aromatic ring is 1. The fourth-order valence-electron chi connectivity index (χ4n) is 4.87. The summed E-state index contributed by atoms with van der Waals surface area (Å²) in [5.41, 5.74) is 10.1. The minimum atomic E-state index is -3.49. The standard InChI is InChI=1S/C28H31ClN2O3S/c1-20-7-5-6-8-21(20)17-25(22-11-12-27(30)26(29)18-22)23-13-15-31(19-23)28(32)14-16-35(33,34)24-9-3-2-4-10-24/h2-12,18,23,25H,13-17,19,30H2,1H3/t23-,25?/m0/s1. The van der Waals surface area contributed by atoms with Crippen LogP contribution < -0.4 is 5.73 Å². The van der Waals surface area contributed by atoms with Crippen LogP contribution in [-0.4, -0.2) is 38.1 Å². The Labute approximate surface area is 212 Å². The average Bonchev–Trinajstić information content (AvgIpc) is 3.34. The molecule has 1 amide bonds. The number of aryl methyl sites for hydroxylation is 1. The van der Waals surface area contributed by atoms with E-state index < -0.39 is 9.84 Å². The maximum atomic E-state index is 13.0. The molecule has 1 aliphatic heterocycles. The van der Waals surface area contributed by atoms with Gasteiger partial charge >= 0.3 is 0 Å². The van der Waals surface area contributed by atoms with Crippen LogP contribution in [0.1, 0.15) is 35.4 Å². The second-order valence-corrected chi connectivity index (χ2v) is 11.8. The number of hydrogen-bond donors (Lipinski definition) is 1. The lowest BCUT2D eigenvalue weighted by atomic mass is 9.80. The van der Waals surface area contributed by atoms with Crippen LogP contribution in [0.2, 0.25) is 5.02 Å². The normalized spacial score (nSPS) is 16.9. The zero-order valence-electron chi connectivity index (χ0n) is 19.9. The zero-order valence-corrected chi connectivity index (χ0v) is 21.4. The number of hydrogen-bond acceptors (Lipinski definition) is 4. The fraction of sp³-hybridized carbons (Fsp3) is 0.321. The summed E-state index contributed by atoms with van der Waals surface area (Å²) in [6.45, 7) is 3.34. The van der Waals surface area contributed by atoms with Gasteiger partial charge in [0.1, 0.15) is 0 Å². The predicted molar refractivity (Wildman–Crippen MR) is 141 cm³/mol. The van der Waals surface area contributed by atoms with Crippen molar-refractivity contribution in [3.63, 3.8) is 0 Å². The third-order valence-corrected chi connectivity index (χ3v) is 9.05. The number of nitrogens with zero attached hydrogens (tertiary/aromatic N) is 1. The number of nitrogens with two attached hydrogens (primary N) is 1. The van der Waals surface area contributed by atoms with Crippen molar-refractivity contribution in [3.8, 4) is 0 Å². The summed E-state index contributed by atoms with van der Waals surface area (Å²) >= 11 is 6.37. The minimum absolute atomic E-state index is 0.0138. The van der Waals surface area contributed by atoms with Gasteiger partial charge < -0.3 is 10.6 Å². The van der Waals surface area contributed by atoms with Gasteiger partial charge in [-0.3, -0.25) is 4.79 Å². The number of sulfone groups is 1. The predicted octanol–water partition coefficient (Wildman–Crippen LogP) is 5.27. The van der Waals surface area contributed by atoms with Gasteiger partial charge in [0.2, 0.25) is 5.91 Å². The molecule has 5 nitrogen and oxygen atoms in total. The van der Waals surface area contributed by atoms with Crippen molar-refractivity contribution in [2.75, 3.05) is 24.6 Å². The number of likely N-dealkylation sites (tertiary alicyclic amines) is 1.